The Morgan fingerprint density at radius 1 is 1.20 bits per heavy atom. The van der Waals surface area contributed by atoms with E-state index in [1.165, 1.54) is 48.5 Å². The number of sulfone groups is 1. The third-order valence-corrected chi connectivity index (χ3v) is 5.37. The van der Waals surface area contributed by atoms with Crippen molar-refractivity contribution in [2.75, 3.05) is 12.9 Å². The van der Waals surface area contributed by atoms with Gasteiger partial charge < -0.3 is 21.3 Å². The summed E-state index contributed by atoms with van der Waals surface area (Å²) in [5.41, 5.74) is 5.65. The van der Waals surface area contributed by atoms with Crippen molar-refractivity contribution in [2.24, 2.45) is 5.73 Å². The number of aromatic hydroxyl groups is 1. The van der Waals surface area contributed by atoms with Gasteiger partial charge in [0.2, 0.25) is 5.91 Å². The van der Waals surface area contributed by atoms with Crippen molar-refractivity contribution >= 4 is 27.7 Å². The number of benzene rings is 2. The average molecular weight is 436 g/mol. The van der Waals surface area contributed by atoms with Crippen molar-refractivity contribution < 1.29 is 32.6 Å². The molecule has 0 heterocycles. The minimum atomic E-state index is -3.41. The number of nitrogens with two attached hydrogens (primary N) is 1. The number of hydrogen-bond donors (Lipinski definition) is 4. The number of phenols is 1. The van der Waals surface area contributed by atoms with Crippen LogP contribution in [-0.4, -0.2) is 49.4 Å². The van der Waals surface area contributed by atoms with Crippen LogP contribution in [0.25, 0.3) is 6.08 Å². The number of carbonyl (C=O) groups excluding carboxylic acids is 2. The van der Waals surface area contributed by atoms with Gasteiger partial charge in [-0.2, -0.15) is 0 Å². The topological polar surface area (TPSA) is 147 Å². The number of alkyl halides is 1. The van der Waals surface area contributed by atoms with Crippen molar-refractivity contribution in [3.05, 3.63) is 65.2 Å². The third kappa shape index (κ3) is 5.88. The maximum Gasteiger partial charge on any atom is 0.252 e. The van der Waals surface area contributed by atoms with Crippen LogP contribution in [0.2, 0.25) is 0 Å². The molecule has 8 nitrogen and oxygen atoms in total. The summed E-state index contributed by atoms with van der Waals surface area (Å²) in [6.45, 7) is -1.07. The number of halogens is 1. The van der Waals surface area contributed by atoms with Gasteiger partial charge in [0.1, 0.15) is 18.5 Å². The van der Waals surface area contributed by atoms with Crippen molar-refractivity contribution in [2.45, 2.75) is 17.0 Å². The highest BCUT2D eigenvalue weighted by molar-refractivity contribution is 7.90. The first kappa shape index (κ1) is 23.0. The molecule has 0 saturated heterocycles. The van der Waals surface area contributed by atoms with E-state index in [0.717, 1.165) is 12.3 Å². The first-order chi connectivity index (χ1) is 14.0. The van der Waals surface area contributed by atoms with Crippen LogP contribution >= 0.6 is 0 Å². The number of aliphatic hydroxyl groups is 1. The Bertz CT molecular complexity index is 1070. The molecule has 2 amide bonds. The maximum atomic E-state index is 13.4. The summed E-state index contributed by atoms with van der Waals surface area (Å²) in [7, 11) is -3.41. The normalized spacial score (nSPS) is 13.7. The molecule has 0 aliphatic heterocycles. The number of primary amides is 1. The number of rotatable bonds is 8. The van der Waals surface area contributed by atoms with Crippen molar-refractivity contribution in [3.8, 4) is 5.75 Å². The zero-order valence-corrected chi connectivity index (χ0v) is 16.8. The molecule has 0 spiro atoms. The summed E-state index contributed by atoms with van der Waals surface area (Å²) < 4.78 is 36.4. The van der Waals surface area contributed by atoms with Gasteiger partial charge in [0.25, 0.3) is 5.91 Å². The van der Waals surface area contributed by atoms with Gasteiger partial charge in [0.05, 0.1) is 16.5 Å². The quantitative estimate of drug-likeness (QED) is 0.456. The van der Waals surface area contributed by atoms with Gasteiger partial charge in [0, 0.05) is 12.3 Å². The Labute approximate surface area is 172 Å². The van der Waals surface area contributed by atoms with Crippen LogP contribution in [0.4, 0.5) is 4.39 Å². The highest BCUT2D eigenvalue weighted by Gasteiger charge is 2.22. The fraction of sp³-hybridized carbons (Fsp3) is 0.200. The lowest BCUT2D eigenvalue weighted by Gasteiger charge is -2.21. The van der Waals surface area contributed by atoms with E-state index in [2.05, 4.69) is 5.32 Å². The Hall–Kier alpha value is -3.24. The third-order valence-electron chi connectivity index (χ3n) is 4.24. The summed E-state index contributed by atoms with van der Waals surface area (Å²) in [4.78, 5) is 23.2. The Morgan fingerprint density at radius 2 is 1.83 bits per heavy atom. The number of amides is 2. The number of hydrogen-bond acceptors (Lipinski definition) is 6. The Kier molecular flexibility index (Phi) is 7.30. The lowest BCUT2D eigenvalue weighted by Crippen LogP contribution is -2.40. The van der Waals surface area contributed by atoms with E-state index in [-0.39, 0.29) is 21.8 Å². The van der Waals surface area contributed by atoms with E-state index >= 15 is 0 Å². The van der Waals surface area contributed by atoms with Crippen molar-refractivity contribution in [3.63, 3.8) is 0 Å². The van der Waals surface area contributed by atoms with Crippen molar-refractivity contribution in [1.29, 1.82) is 0 Å². The van der Waals surface area contributed by atoms with E-state index in [9.17, 15) is 32.6 Å². The second kappa shape index (κ2) is 9.51. The minimum absolute atomic E-state index is 0.0489. The first-order valence-corrected chi connectivity index (χ1v) is 10.6. The fourth-order valence-electron chi connectivity index (χ4n) is 2.61. The van der Waals surface area contributed by atoms with Gasteiger partial charge in [-0.05, 0) is 41.5 Å². The lowest BCUT2D eigenvalue weighted by atomic mass is 10.0. The molecule has 0 unspecified atom stereocenters. The summed E-state index contributed by atoms with van der Waals surface area (Å²) in [6.07, 6.45) is 2.03. The van der Waals surface area contributed by atoms with Crippen LogP contribution in [0.3, 0.4) is 0 Å². The summed E-state index contributed by atoms with van der Waals surface area (Å²) in [6, 6.07) is 7.97. The molecule has 2 aromatic rings. The highest BCUT2D eigenvalue weighted by atomic mass is 32.2. The van der Waals surface area contributed by atoms with Gasteiger partial charge >= 0.3 is 0 Å². The Morgan fingerprint density at radius 3 is 2.33 bits per heavy atom. The molecule has 10 heteroatoms. The fourth-order valence-corrected chi connectivity index (χ4v) is 3.24. The zero-order valence-electron chi connectivity index (χ0n) is 15.9. The minimum Gasteiger partial charge on any atom is -0.507 e. The molecule has 2 aromatic carbocycles. The lowest BCUT2D eigenvalue weighted by molar-refractivity contribution is -0.118. The van der Waals surface area contributed by atoms with E-state index in [1.54, 1.807) is 0 Å². The molecule has 0 aromatic heterocycles. The molecule has 5 N–H and O–H groups in total. The average Bonchev–Trinajstić information content (AvgIpc) is 2.69. The standard InChI is InChI=1S/C20H21FN2O6S/c1-30(28,29)14-6-4-13(5-7-14)19(26)16(11-21)23-18(25)9-3-12-2-8-15(20(22)27)17(24)10-12/h2-10,16,19,24,26H,11H2,1H3,(H2,22,27)(H,23,25)/t16-,19-/m1/s1. The molecular formula is C20H21FN2O6S. The highest BCUT2D eigenvalue weighted by Crippen LogP contribution is 2.21. The molecule has 0 aliphatic carbocycles. The van der Waals surface area contributed by atoms with E-state index in [4.69, 9.17) is 5.73 Å². The molecule has 160 valence electrons. The summed E-state index contributed by atoms with van der Waals surface area (Å²) >= 11 is 0. The van der Waals surface area contributed by atoms with Gasteiger partial charge in [-0.1, -0.05) is 18.2 Å². The van der Waals surface area contributed by atoms with Crippen LogP contribution < -0.4 is 11.1 Å². The largest absolute Gasteiger partial charge is 0.507 e. The Balaban J connectivity index is 2.07. The second-order valence-corrected chi connectivity index (χ2v) is 8.55. The van der Waals surface area contributed by atoms with E-state index < -0.39 is 40.5 Å². The number of nitrogens with one attached hydrogen (secondary N) is 1. The molecular weight excluding hydrogens is 415 g/mol. The molecule has 0 fully saturated rings. The SMILES string of the molecule is CS(=O)(=O)c1ccc([C@@H](O)[C@@H](CF)NC(=O)C=Cc2ccc(C(N)=O)c(O)c2)cc1. The second-order valence-electron chi connectivity index (χ2n) is 6.53. The molecule has 30 heavy (non-hydrogen) atoms. The monoisotopic (exact) mass is 436 g/mol. The molecule has 0 saturated carbocycles. The first-order valence-electron chi connectivity index (χ1n) is 8.68. The predicted molar refractivity (Wildman–Crippen MR) is 108 cm³/mol. The van der Waals surface area contributed by atoms with Crippen LogP contribution in [0.5, 0.6) is 5.75 Å². The smallest absolute Gasteiger partial charge is 0.252 e. The summed E-state index contributed by atoms with van der Waals surface area (Å²) in [5.74, 6) is -1.85. The summed E-state index contributed by atoms with van der Waals surface area (Å²) in [5, 5.41) is 22.4. The molecule has 0 bridgehead atoms. The van der Waals surface area contributed by atoms with Gasteiger partial charge in [-0.25, -0.2) is 12.8 Å². The van der Waals surface area contributed by atoms with E-state index in [0.29, 0.717) is 5.56 Å². The number of aliphatic hydroxyl groups excluding tert-OH is 1. The van der Waals surface area contributed by atoms with Gasteiger partial charge in [-0.3, -0.25) is 9.59 Å². The zero-order chi connectivity index (χ0) is 22.5. The van der Waals surface area contributed by atoms with Crippen LogP contribution in [0, 0.1) is 0 Å². The van der Waals surface area contributed by atoms with Gasteiger partial charge in [-0.15, -0.1) is 0 Å². The molecule has 2 rings (SSSR count). The van der Waals surface area contributed by atoms with E-state index in [1.807, 2.05) is 0 Å². The van der Waals surface area contributed by atoms with Crippen molar-refractivity contribution in [1.82, 2.24) is 5.32 Å². The molecule has 2 atom stereocenters. The predicted octanol–water partition coefficient (Wildman–Crippen LogP) is 1.10. The maximum absolute atomic E-state index is 13.4. The number of carbonyl (C=O) groups is 2. The van der Waals surface area contributed by atoms with Gasteiger partial charge in [0.15, 0.2) is 9.84 Å². The van der Waals surface area contributed by atoms with Crippen LogP contribution in [0.15, 0.2) is 53.4 Å². The van der Waals surface area contributed by atoms with Crippen LogP contribution in [0.1, 0.15) is 27.6 Å². The molecule has 0 radical (unpaired) electrons. The van der Waals surface area contributed by atoms with Crippen LogP contribution in [-0.2, 0) is 14.6 Å². The molecule has 0 aliphatic rings.